The first-order chi connectivity index (χ1) is 21.2. The second-order valence-corrected chi connectivity index (χ2v) is 10.6. The Kier molecular flexibility index (Phi) is 12.4. The van der Waals surface area contributed by atoms with Crippen molar-refractivity contribution in [2.24, 2.45) is 0 Å². The second kappa shape index (κ2) is 16.9. The molecule has 1 amide bonds. The lowest BCUT2D eigenvalue weighted by atomic mass is 9.87. The van der Waals surface area contributed by atoms with Crippen LogP contribution in [0.5, 0.6) is 0 Å². The lowest BCUT2D eigenvalue weighted by Crippen LogP contribution is -2.40. The number of rotatable bonds is 8. The second-order valence-electron chi connectivity index (χ2n) is 10.6. The van der Waals surface area contributed by atoms with E-state index in [-0.39, 0.29) is 37.4 Å². The molecule has 43 heavy (non-hydrogen) atoms. The Labute approximate surface area is 253 Å². The fraction of sp³-hybridized carbons (Fsp3) is 0.545. The molecule has 5 rings (SSSR count). The van der Waals surface area contributed by atoms with Crippen molar-refractivity contribution in [1.29, 1.82) is 0 Å². The smallest absolute Gasteiger partial charge is 0.288 e. The van der Waals surface area contributed by atoms with E-state index >= 15 is 0 Å². The summed E-state index contributed by atoms with van der Waals surface area (Å²) < 4.78 is 40.1. The molecule has 0 bridgehead atoms. The van der Waals surface area contributed by atoms with Gasteiger partial charge in [-0.15, -0.1) is 0 Å². The highest BCUT2D eigenvalue weighted by molar-refractivity contribution is 5.92. The van der Waals surface area contributed by atoms with Gasteiger partial charge in [0.25, 0.3) is 5.91 Å². The number of amides is 1. The van der Waals surface area contributed by atoms with Crippen LogP contribution >= 0.6 is 0 Å². The molecule has 234 valence electrons. The minimum Gasteiger partial charge on any atom is -0.459 e. The molecule has 1 saturated heterocycles. The molecule has 1 fully saturated rings. The summed E-state index contributed by atoms with van der Waals surface area (Å²) >= 11 is 0. The van der Waals surface area contributed by atoms with E-state index in [9.17, 15) is 4.79 Å². The molecule has 3 aliphatic rings. The first-order valence-corrected chi connectivity index (χ1v) is 15.2. The maximum absolute atomic E-state index is 14.0. The van der Waals surface area contributed by atoms with Crippen LogP contribution in [-0.2, 0) is 44.4 Å². The molecule has 2 heterocycles. The van der Waals surface area contributed by atoms with Crippen molar-refractivity contribution in [2.45, 2.75) is 25.0 Å². The summed E-state index contributed by atoms with van der Waals surface area (Å²) in [4.78, 5) is 15.7. The molecule has 10 nitrogen and oxygen atoms in total. The van der Waals surface area contributed by atoms with Gasteiger partial charge in [-0.1, -0.05) is 42.5 Å². The number of hydrogen-bond acceptors (Lipinski definition) is 9. The number of nitrogens with zero attached hydrogens (tertiary/aromatic N) is 1. The summed E-state index contributed by atoms with van der Waals surface area (Å²) in [6.45, 7) is 5.16. The van der Waals surface area contributed by atoms with Gasteiger partial charge in [0.2, 0.25) is 6.29 Å². The fourth-order valence-corrected chi connectivity index (χ4v) is 5.64. The zero-order chi connectivity index (χ0) is 29.7. The standard InChI is InChI=1S/C33H43NO9/c35-10-13-39-20-21-42-32-24-26(28-6-3-7-29-27-5-2-1-4-25(27)22-30(28)29)23-31(43-32)33(36)34-8-11-37-14-16-40-18-19-41-17-15-38-12-9-34/h1-7,23,26,32,35H,8-22,24H2/t26-,32+/m0/s1. The van der Waals surface area contributed by atoms with Crippen LogP contribution in [-0.4, -0.2) is 115 Å². The summed E-state index contributed by atoms with van der Waals surface area (Å²) in [6, 6.07) is 14.9. The van der Waals surface area contributed by atoms with Crippen LogP contribution in [0.15, 0.2) is 54.3 Å². The predicted molar refractivity (Wildman–Crippen MR) is 159 cm³/mol. The quantitative estimate of drug-likeness (QED) is 0.393. The molecule has 2 atom stereocenters. The van der Waals surface area contributed by atoms with Gasteiger partial charge in [-0.2, -0.15) is 0 Å². The number of benzene rings is 2. The zero-order valence-corrected chi connectivity index (χ0v) is 24.7. The third-order valence-electron chi connectivity index (χ3n) is 7.74. The third kappa shape index (κ3) is 8.86. The molecular formula is C33H43NO9. The van der Waals surface area contributed by atoms with Crippen LogP contribution in [0.1, 0.15) is 29.0 Å². The van der Waals surface area contributed by atoms with Crippen molar-refractivity contribution >= 4 is 5.91 Å². The molecule has 1 aliphatic carbocycles. The Morgan fingerprint density at radius 2 is 1.49 bits per heavy atom. The van der Waals surface area contributed by atoms with E-state index in [1.165, 1.54) is 27.8 Å². The molecule has 0 radical (unpaired) electrons. The number of fused-ring (bicyclic) bond motifs is 3. The van der Waals surface area contributed by atoms with Gasteiger partial charge in [-0.05, 0) is 40.3 Å². The maximum Gasteiger partial charge on any atom is 0.288 e. The van der Waals surface area contributed by atoms with E-state index in [1.807, 2.05) is 6.08 Å². The summed E-state index contributed by atoms with van der Waals surface area (Å²) in [7, 11) is 0. The highest BCUT2D eigenvalue weighted by Crippen LogP contribution is 2.43. The van der Waals surface area contributed by atoms with Gasteiger partial charge in [-0.25, -0.2) is 0 Å². The lowest BCUT2D eigenvalue weighted by Gasteiger charge is -2.32. The van der Waals surface area contributed by atoms with E-state index in [0.29, 0.717) is 79.0 Å². The molecule has 10 heteroatoms. The van der Waals surface area contributed by atoms with E-state index < -0.39 is 6.29 Å². The van der Waals surface area contributed by atoms with Crippen LogP contribution < -0.4 is 0 Å². The molecular weight excluding hydrogens is 554 g/mol. The molecule has 0 aromatic heterocycles. The van der Waals surface area contributed by atoms with Gasteiger partial charge in [-0.3, -0.25) is 4.79 Å². The van der Waals surface area contributed by atoms with Crippen molar-refractivity contribution in [3.63, 3.8) is 0 Å². The van der Waals surface area contributed by atoms with Crippen molar-refractivity contribution < 1.29 is 43.1 Å². The number of ether oxygens (including phenoxy) is 7. The van der Waals surface area contributed by atoms with Crippen molar-refractivity contribution in [3.8, 4) is 11.1 Å². The average molecular weight is 598 g/mol. The summed E-state index contributed by atoms with van der Waals surface area (Å²) in [5.41, 5.74) is 6.27. The summed E-state index contributed by atoms with van der Waals surface area (Å²) in [5.74, 6) is -0.0458. The van der Waals surface area contributed by atoms with Gasteiger partial charge in [0.05, 0.1) is 79.3 Å². The summed E-state index contributed by atoms with van der Waals surface area (Å²) in [6.07, 6.45) is 2.74. The first-order valence-electron chi connectivity index (χ1n) is 15.2. The monoisotopic (exact) mass is 597 g/mol. The molecule has 2 aromatic rings. The maximum atomic E-state index is 14.0. The van der Waals surface area contributed by atoms with Crippen LogP contribution in [0.3, 0.4) is 0 Å². The fourth-order valence-electron chi connectivity index (χ4n) is 5.64. The Morgan fingerprint density at radius 3 is 2.21 bits per heavy atom. The number of carbonyl (C=O) groups excluding carboxylic acids is 1. The van der Waals surface area contributed by atoms with Gasteiger partial charge in [0.15, 0.2) is 5.76 Å². The lowest BCUT2D eigenvalue weighted by molar-refractivity contribution is -0.157. The van der Waals surface area contributed by atoms with E-state index in [1.54, 1.807) is 4.90 Å². The average Bonchev–Trinajstić information content (AvgIpc) is 3.41. The van der Waals surface area contributed by atoms with Crippen LogP contribution in [0.25, 0.3) is 11.1 Å². The van der Waals surface area contributed by atoms with E-state index in [0.717, 1.165) is 6.42 Å². The van der Waals surface area contributed by atoms with Gasteiger partial charge >= 0.3 is 0 Å². The predicted octanol–water partition coefficient (Wildman–Crippen LogP) is 2.91. The SMILES string of the molecule is O=C(C1=C[C@H](c2cccc3c2Cc2ccccc2-3)C[C@H](OCCOCCO)O1)N1CCOCCOCCOCCOCC1. The highest BCUT2D eigenvalue weighted by atomic mass is 16.7. The largest absolute Gasteiger partial charge is 0.459 e. The highest BCUT2D eigenvalue weighted by Gasteiger charge is 2.33. The molecule has 0 saturated carbocycles. The van der Waals surface area contributed by atoms with Crippen LogP contribution in [0.2, 0.25) is 0 Å². The zero-order valence-electron chi connectivity index (χ0n) is 24.7. The normalized spacial score (nSPS) is 22.0. The Bertz CT molecular complexity index is 1190. The van der Waals surface area contributed by atoms with Crippen molar-refractivity contribution in [2.75, 3.05) is 92.4 Å². The molecule has 2 aromatic carbocycles. The summed E-state index contributed by atoms with van der Waals surface area (Å²) in [5, 5.41) is 9.01. The number of allylic oxidation sites excluding steroid dienone is 1. The Morgan fingerprint density at radius 1 is 0.814 bits per heavy atom. The third-order valence-corrected chi connectivity index (χ3v) is 7.74. The molecule has 0 spiro atoms. The number of aliphatic hydroxyl groups excluding tert-OH is 1. The van der Waals surface area contributed by atoms with E-state index in [2.05, 4.69) is 42.5 Å². The number of hydrogen-bond donors (Lipinski definition) is 1. The van der Waals surface area contributed by atoms with Crippen molar-refractivity contribution in [1.82, 2.24) is 4.90 Å². The Balaban J connectivity index is 1.34. The molecule has 1 N–H and O–H groups in total. The topological polar surface area (TPSA) is 105 Å². The molecule has 0 unspecified atom stereocenters. The van der Waals surface area contributed by atoms with Gasteiger partial charge in [0.1, 0.15) is 0 Å². The first kappa shape index (κ1) is 31.6. The van der Waals surface area contributed by atoms with E-state index in [4.69, 9.17) is 38.3 Å². The number of carbonyl (C=O) groups is 1. The van der Waals surface area contributed by atoms with Crippen LogP contribution in [0, 0.1) is 0 Å². The number of aliphatic hydroxyl groups is 1. The minimum absolute atomic E-state index is 0.0474. The molecule has 2 aliphatic heterocycles. The van der Waals surface area contributed by atoms with Crippen LogP contribution in [0.4, 0.5) is 0 Å². The Hall–Kier alpha value is -2.83. The van der Waals surface area contributed by atoms with Gasteiger partial charge < -0.3 is 43.2 Å². The van der Waals surface area contributed by atoms with Gasteiger partial charge in [0, 0.05) is 25.4 Å². The minimum atomic E-state index is -0.628. The van der Waals surface area contributed by atoms with Crippen molar-refractivity contribution in [3.05, 3.63) is 71.0 Å².